The topological polar surface area (TPSA) is 92.5 Å². The number of carbonyl (C=O) groups excluding carboxylic acids is 1. The minimum absolute atomic E-state index is 0.0815. The molecule has 0 atom stereocenters. The molecular weight excluding hydrogens is 248 g/mol. The van der Waals surface area contributed by atoms with Gasteiger partial charge in [0.25, 0.3) is 5.91 Å². The molecule has 0 saturated carbocycles. The van der Waals surface area contributed by atoms with Crippen LogP contribution in [0.5, 0.6) is 5.75 Å². The number of nitrogens with one attached hydrogen (secondary N) is 1. The molecule has 1 amide bonds. The van der Waals surface area contributed by atoms with Crippen molar-refractivity contribution < 1.29 is 14.8 Å². The van der Waals surface area contributed by atoms with Gasteiger partial charge in [0, 0.05) is 16.7 Å². The maximum Gasteiger partial charge on any atom is 0.310 e. The summed E-state index contributed by atoms with van der Waals surface area (Å²) in [7, 11) is 0. The van der Waals surface area contributed by atoms with Crippen molar-refractivity contribution in [1.29, 1.82) is 0 Å². The summed E-state index contributed by atoms with van der Waals surface area (Å²) in [6.07, 6.45) is 0. The number of hydrogen-bond donors (Lipinski definition) is 2. The van der Waals surface area contributed by atoms with E-state index in [2.05, 4.69) is 11.9 Å². The molecule has 0 unspecified atom stereocenters. The second-order valence-corrected chi connectivity index (χ2v) is 3.70. The molecule has 1 rings (SSSR count). The van der Waals surface area contributed by atoms with Gasteiger partial charge in [0.05, 0.1) is 11.5 Å². The van der Waals surface area contributed by atoms with E-state index in [-0.39, 0.29) is 17.1 Å². The smallest absolute Gasteiger partial charge is 0.310 e. The predicted octanol–water partition coefficient (Wildman–Crippen LogP) is 1.78. The average Bonchev–Trinajstić information content (AvgIpc) is 2.25. The average molecular weight is 257 g/mol. The first-order chi connectivity index (χ1) is 7.91. The molecule has 0 fully saturated rings. The van der Waals surface area contributed by atoms with Crippen molar-refractivity contribution in [2.24, 2.45) is 0 Å². The van der Waals surface area contributed by atoms with Crippen LogP contribution in [0.15, 0.2) is 29.8 Å². The van der Waals surface area contributed by atoms with Crippen LogP contribution in [0.4, 0.5) is 5.69 Å². The number of carbonyl (C=O) groups is 1. The lowest BCUT2D eigenvalue weighted by Gasteiger charge is -2.04. The van der Waals surface area contributed by atoms with Gasteiger partial charge in [-0.3, -0.25) is 14.9 Å². The number of nitro groups is 1. The van der Waals surface area contributed by atoms with Gasteiger partial charge in [0.1, 0.15) is 0 Å². The van der Waals surface area contributed by atoms with E-state index >= 15 is 0 Å². The highest BCUT2D eigenvalue weighted by Gasteiger charge is 2.15. The van der Waals surface area contributed by atoms with Crippen molar-refractivity contribution in [3.8, 4) is 5.75 Å². The quantitative estimate of drug-likeness (QED) is 0.634. The van der Waals surface area contributed by atoms with Gasteiger partial charge in [0.2, 0.25) is 0 Å². The Hall–Kier alpha value is -2.08. The monoisotopic (exact) mass is 256 g/mol. The molecule has 2 N–H and O–H groups in total. The lowest BCUT2D eigenvalue weighted by molar-refractivity contribution is -0.385. The maximum atomic E-state index is 11.5. The van der Waals surface area contributed by atoms with Gasteiger partial charge in [-0.1, -0.05) is 18.2 Å². The van der Waals surface area contributed by atoms with Crippen LogP contribution >= 0.6 is 11.6 Å². The molecule has 7 heteroatoms. The normalized spacial score (nSPS) is 9.71. The summed E-state index contributed by atoms with van der Waals surface area (Å²) in [5, 5.41) is 22.4. The molecule has 0 bridgehead atoms. The largest absolute Gasteiger partial charge is 0.502 e. The lowest BCUT2D eigenvalue weighted by Crippen LogP contribution is -2.24. The van der Waals surface area contributed by atoms with Crippen LogP contribution in [0.2, 0.25) is 0 Å². The Labute approximate surface area is 102 Å². The molecule has 0 radical (unpaired) electrons. The van der Waals surface area contributed by atoms with Crippen LogP contribution in [-0.4, -0.2) is 22.5 Å². The van der Waals surface area contributed by atoms with E-state index in [4.69, 9.17) is 11.6 Å². The van der Waals surface area contributed by atoms with Gasteiger partial charge in [-0.15, -0.1) is 0 Å². The highest BCUT2D eigenvalue weighted by atomic mass is 35.5. The molecule has 0 aliphatic rings. The van der Waals surface area contributed by atoms with E-state index in [1.54, 1.807) is 0 Å². The van der Waals surface area contributed by atoms with Crippen molar-refractivity contribution in [3.05, 3.63) is 45.5 Å². The second kappa shape index (κ2) is 5.31. The molecular formula is C10H9ClN2O4. The molecule has 1 aromatic rings. The van der Waals surface area contributed by atoms with E-state index in [9.17, 15) is 20.0 Å². The first-order valence-corrected chi connectivity index (χ1v) is 4.88. The number of nitrogens with zero attached hydrogens (tertiary/aromatic N) is 1. The fraction of sp³-hybridized carbons (Fsp3) is 0.100. The van der Waals surface area contributed by atoms with Gasteiger partial charge in [-0.2, -0.15) is 0 Å². The van der Waals surface area contributed by atoms with E-state index in [0.29, 0.717) is 0 Å². The number of nitro benzene ring substituents is 1. The molecule has 0 aliphatic heterocycles. The van der Waals surface area contributed by atoms with Crippen molar-refractivity contribution in [3.63, 3.8) is 0 Å². The number of aromatic hydroxyl groups is 1. The molecule has 90 valence electrons. The summed E-state index contributed by atoms with van der Waals surface area (Å²) >= 11 is 5.46. The van der Waals surface area contributed by atoms with E-state index in [0.717, 1.165) is 12.1 Å². The number of amides is 1. The lowest BCUT2D eigenvalue weighted by atomic mass is 10.2. The van der Waals surface area contributed by atoms with Crippen LogP contribution < -0.4 is 5.32 Å². The Morgan fingerprint density at radius 1 is 1.59 bits per heavy atom. The number of phenols is 1. The third-order valence-electron chi connectivity index (χ3n) is 1.88. The Morgan fingerprint density at radius 3 is 2.71 bits per heavy atom. The molecule has 0 spiro atoms. The van der Waals surface area contributed by atoms with Crippen molar-refractivity contribution in [2.45, 2.75) is 0 Å². The highest BCUT2D eigenvalue weighted by molar-refractivity contribution is 6.29. The molecule has 17 heavy (non-hydrogen) atoms. The minimum atomic E-state index is -0.738. The third-order valence-corrected chi connectivity index (χ3v) is 2.01. The zero-order valence-corrected chi connectivity index (χ0v) is 9.40. The summed E-state index contributed by atoms with van der Waals surface area (Å²) in [4.78, 5) is 21.2. The Bertz CT molecular complexity index is 487. The number of phenolic OH excluding ortho intramolecular Hbond substituents is 1. The zero-order chi connectivity index (χ0) is 13.0. The Morgan fingerprint density at radius 2 is 2.24 bits per heavy atom. The summed E-state index contributed by atoms with van der Waals surface area (Å²) in [5.41, 5.74) is -0.352. The van der Waals surface area contributed by atoms with E-state index < -0.39 is 22.3 Å². The summed E-state index contributed by atoms with van der Waals surface area (Å²) in [5.74, 6) is -1.07. The van der Waals surface area contributed by atoms with Crippen LogP contribution in [-0.2, 0) is 0 Å². The molecule has 0 aromatic heterocycles. The van der Waals surface area contributed by atoms with Crippen molar-refractivity contribution >= 4 is 23.2 Å². The predicted molar refractivity (Wildman–Crippen MR) is 62.1 cm³/mol. The maximum absolute atomic E-state index is 11.5. The molecule has 6 nitrogen and oxygen atoms in total. The Kier molecular flexibility index (Phi) is 4.06. The molecule has 0 aliphatic carbocycles. The fourth-order valence-electron chi connectivity index (χ4n) is 1.10. The van der Waals surface area contributed by atoms with Gasteiger partial charge in [-0.05, 0) is 12.1 Å². The number of hydrogen-bond acceptors (Lipinski definition) is 4. The summed E-state index contributed by atoms with van der Waals surface area (Å²) in [6.45, 7) is 3.47. The number of rotatable bonds is 4. The summed E-state index contributed by atoms with van der Waals surface area (Å²) < 4.78 is 0. The second-order valence-electron chi connectivity index (χ2n) is 3.16. The van der Waals surface area contributed by atoms with Gasteiger partial charge in [0.15, 0.2) is 5.75 Å². The third kappa shape index (κ3) is 3.46. The highest BCUT2D eigenvalue weighted by Crippen LogP contribution is 2.26. The number of benzene rings is 1. The summed E-state index contributed by atoms with van der Waals surface area (Å²) in [6, 6.07) is 3.31. The Balaban J connectivity index is 2.86. The SMILES string of the molecule is C=C(Cl)CNC(=O)c1ccc([N+](=O)[O-])c(O)c1. The molecule has 0 saturated heterocycles. The molecule has 1 aromatic carbocycles. The van der Waals surface area contributed by atoms with Crippen LogP contribution in [0.25, 0.3) is 0 Å². The van der Waals surface area contributed by atoms with Crippen LogP contribution in [0.1, 0.15) is 10.4 Å². The zero-order valence-electron chi connectivity index (χ0n) is 8.64. The minimum Gasteiger partial charge on any atom is -0.502 e. The van der Waals surface area contributed by atoms with Gasteiger partial charge < -0.3 is 10.4 Å². The first-order valence-electron chi connectivity index (χ1n) is 4.50. The van der Waals surface area contributed by atoms with Crippen LogP contribution in [0.3, 0.4) is 0 Å². The van der Waals surface area contributed by atoms with Gasteiger partial charge in [-0.25, -0.2) is 0 Å². The van der Waals surface area contributed by atoms with Crippen molar-refractivity contribution in [1.82, 2.24) is 5.32 Å². The number of halogens is 1. The fourth-order valence-corrected chi connectivity index (χ4v) is 1.16. The van der Waals surface area contributed by atoms with Gasteiger partial charge >= 0.3 is 5.69 Å². The standard InChI is InChI=1S/C10H9ClN2O4/c1-6(11)5-12-10(15)7-2-3-8(13(16)17)9(14)4-7/h2-4,14H,1,5H2,(H,12,15). The van der Waals surface area contributed by atoms with Crippen LogP contribution in [0, 0.1) is 10.1 Å². The first kappa shape index (κ1) is 13.0. The van der Waals surface area contributed by atoms with Crippen molar-refractivity contribution in [2.75, 3.05) is 6.54 Å². The molecule has 0 heterocycles. The van der Waals surface area contributed by atoms with E-state index in [1.807, 2.05) is 0 Å². The van der Waals surface area contributed by atoms with E-state index in [1.165, 1.54) is 6.07 Å².